The smallest absolute Gasteiger partial charge is 0.109 e. The molecule has 120 valence electrons. The minimum atomic E-state index is 0.471. The van der Waals surface area contributed by atoms with Gasteiger partial charge in [-0.25, -0.2) is 4.98 Å². The molecule has 0 bridgehead atoms. The molecule has 3 heteroatoms. The molecule has 1 aliphatic carbocycles. The lowest BCUT2D eigenvalue weighted by Crippen LogP contribution is -2.41. The summed E-state index contributed by atoms with van der Waals surface area (Å²) >= 11 is 0. The third-order valence-corrected chi connectivity index (χ3v) is 5.36. The van der Waals surface area contributed by atoms with E-state index in [1.165, 1.54) is 31.5 Å². The van der Waals surface area contributed by atoms with Crippen LogP contribution in [0.1, 0.15) is 59.2 Å². The average molecular weight is 291 g/mol. The van der Waals surface area contributed by atoms with Crippen molar-refractivity contribution in [1.29, 1.82) is 0 Å². The standard InChI is InChI=1S/C18H33N3/c1-6-19-16(13-17-20-11-12-21(17)5)14-7-9-15(10-8-14)18(2,3)4/h11-12,14-16,19H,6-10,13H2,1-5H3. The number of likely N-dealkylation sites (N-methyl/N-ethyl adjacent to an activating group) is 1. The van der Waals surface area contributed by atoms with Crippen molar-refractivity contribution >= 4 is 0 Å². The van der Waals surface area contributed by atoms with Crippen LogP contribution in [0.4, 0.5) is 0 Å². The highest BCUT2D eigenvalue weighted by molar-refractivity contribution is 4.97. The highest BCUT2D eigenvalue weighted by Gasteiger charge is 2.32. The number of hydrogen-bond donors (Lipinski definition) is 1. The summed E-state index contributed by atoms with van der Waals surface area (Å²) < 4.78 is 2.16. The lowest BCUT2D eigenvalue weighted by Gasteiger charge is -2.39. The minimum absolute atomic E-state index is 0.471. The predicted molar refractivity (Wildman–Crippen MR) is 89.3 cm³/mol. The van der Waals surface area contributed by atoms with Crippen molar-refractivity contribution in [1.82, 2.24) is 14.9 Å². The van der Waals surface area contributed by atoms with E-state index in [2.05, 4.69) is 55.8 Å². The number of hydrogen-bond acceptors (Lipinski definition) is 2. The molecule has 1 aromatic rings. The van der Waals surface area contributed by atoms with E-state index in [4.69, 9.17) is 0 Å². The van der Waals surface area contributed by atoms with Gasteiger partial charge in [0.25, 0.3) is 0 Å². The zero-order valence-corrected chi connectivity index (χ0v) is 14.5. The second-order valence-corrected chi connectivity index (χ2v) is 7.80. The Hall–Kier alpha value is -0.830. The lowest BCUT2D eigenvalue weighted by molar-refractivity contribution is 0.132. The topological polar surface area (TPSA) is 29.9 Å². The van der Waals surface area contributed by atoms with E-state index < -0.39 is 0 Å². The van der Waals surface area contributed by atoms with Crippen molar-refractivity contribution in [2.75, 3.05) is 6.54 Å². The van der Waals surface area contributed by atoms with Gasteiger partial charge in [-0.05, 0) is 49.5 Å². The summed E-state index contributed by atoms with van der Waals surface area (Å²) in [4.78, 5) is 4.51. The summed E-state index contributed by atoms with van der Waals surface area (Å²) in [6.07, 6.45) is 10.5. The quantitative estimate of drug-likeness (QED) is 0.894. The van der Waals surface area contributed by atoms with E-state index in [1.54, 1.807) is 0 Å². The van der Waals surface area contributed by atoms with Crippen molar-refractivity contribution < 1.29 is 0 Å². The van der Waals surface area contributed by atoms with E-state index in [-0.39, 0.29) is 0 Å². The lowest BCUT2D eigenvalue weighted by atomic mass is 9.68. The molecule has 1 saturated carbocycles. The van der Waals surface area contributed by atoms with Gasteiger partial charge in [0.05, 0.1) is 0 Å². The molecule has 1 aromatic heterocycles. The molecule has 1 fully saturated rings. The maximum absolute atomic E-state index is 4.51. The van der Waals surface area contributed by atoms with Crippen molar-refractivity contribution in [3.8, 4) is 0 Å². The number of aryl methyl sites for hydroxylation is 1. The van der Waals surface area contributed by atoms with E-state index in [9.17, 15) is 0 Å². The summed E-state index contributed by atoms with van der Waals surface area (Å²) in [6.45, 7) is 10.5. The van der Waals surface area contributed by atoms with Crippen molar-refractivity contribution in [3.63, 3.8) is 0 Å². The zero-order valence-electron chi connectivity index (χ0n) is 14.5. The SMILES string of the molecule is CCNC(Cc1nccn1C)C1CCC(C(C)(C)C)CC1. The predicted octanol–water partition coefficient (Wildman–Crippen LogP) is 3.79. The zero-order chi connectivity index (χ0) is 15.5. The average Bonchev–Trinajstić information content (AvgIpc) is 2.83. The van der Waals surface area contributed by atoms with E-state index >= 15 is 0 Å². The molecule has 1 heterocycles. The van der Waals surface area contributed by atoms with Gasteiger partial charge < -0.3 is 9.88 Å². The highest BCUT2D eigenvalue weighted by atomic mass is 15.0. The van der Waals surface area contributed by atoms with Crippen LogP contribution in [-0.2, 0) is 13.5 Å². The summed E-state index contributed by atoms with van der Waals surface area (Å²) in [5.74, 6) is 2.91. The van der Waals surface area contributed by atoms with Crippen LogP contribution in [0.2, 0.25) is 0 Å². The second kappa shape index (κ2) is 6.95. The summed E-state index contributed by atoms with van der Waals surface area (Å²) in [7, 11) is 2.10. The Morgan fingerprint density at radius 3 is 2.43 bits per heavy atom. The Balaban J connectivity index is 1.95. The molecule has 1 unspecified atom stereocenters. The molecule has 0 amide bonds. The fourth-order valence-electron chi connectivity index (χ4n) is 3.85. The Labute approximate surface area is 130 Å². The monoisotopic (exact) mass is 291 g/mol. The molecule has 0 saturated heterocycles. The van der Waals surface area contributed by atoms with Crippen LogP contribution in [0, 0.1) is 17.3 Å². The van der Waals surface area contributed by atoms with Gasteiger partial charge in [-0.2, -0.15) is 0 Å². The van der Waals surface area contributed by atoms with Crippen molar-refractivity contribution in [3.05, 3.63) is 18.2 Å². The van der Waals surface area contributed by atoms with Gasteiger partial charge in [0.1, 0.15) is 5.82 Å². The molecule has 1 aliphatic rings. The van der Waals surface area contributed by atoms with Gasteiger partial charge in [0.2, 0.25) is 0 Å². The van der Waals surface area contributed by atoms with E-state index in [0.29, 0.717) is 11.5 Å². The molecule has 21 heavy (non-hydrogen) atoms. The van der Waals surface area contributed by atoms with Gasteiger partial charge in [0, 0.05) is 31.9 Å². The first-order valence-electron chi connectivity index (χ1n) is 8.61. The van der Waals surface area contributed by atoms with Crippen LogP contribution in [0.3, 0.4) is 0 Å². The third kappa shape index (κ3) is 4.32. The molecule has 0 spiro atoms. The van der Waals surface area contributed by atoms with Crippen LogP contribution < -0.4 is 5.32 Å². The molecule has 1 atom stereocenters. The number of rotatable bonds is 5. The van der Waals surface area contributed by atoms with Crippen LogP contribution in [0.15, 0.2) is 12.4 Å². The first-order valence-corrected chi connectivity index (χ1v) is 8.61. The summed E-state index contributed by atoms with van der Waals surface area (Å²) in [6, 6.07) is 0.581. The summed E-state index contributed by atoms with van der Waals surface area (Å²) in [5, 5.41) is 3.72. The Kier molecular flexibility index (Phi) is 5.48. The molecular weight excluding hydrogens is 258 g/mol. The highest BCUT2D eigenvalue weighted by Crippen LogP contribution is 2.40. The Morgan fingerprint density at radius 1 is 1.29 bits per heavy atom. The maximum Gasteiger partial charge on any atom is 0.109 e. The van der Waals surface area contributed by atoms with Crippen LogP contribution >= 0.6 is 0 Å². The normalized spacial score (nSPS) is 25.0. The van der Waals surface area contributed by atoms with Crippen LogP contribution in [0.5, 0.6) is 0 Å². The van der Waals surface area contributed by atoms with Gasteiger partial charge in [-0.1, -0.05) is 27.7 Å². The van der Waals surface area contributed by atoms with Crippen LogP contribution in [-0.4, -0.2) is 22.1 Å². The fourth-order valence-corrected chi connectivity index (χ4v) is 3.85. The van der Waals surface area contributed by atoms with Crippen LogP contribution in [0.25, 0.3) is 0 Å². The van der Waals surface area contributed by atoms with Gasteiger partial charge >= 0.3 is 0 Å². The minimum Gasteiger partial charge on any atom is -0.338 e. The number of aromatic nitrogens is 2. The number of nitrogens with zero attached hydrogens (tertiary/aromatic N) is 2. The largest absolute Gasteiger partial charge is 0.338 e. The Bertz CT molecular complexity index is 422. The fraction of sp³-hybridized carbons (Fsp3) is 0.833. The molecule has 0 aromatic carbocycles. The van der Waals surface area contributed by atoms with Gasteiger partial charge in [0.15, 0.2) is 0 Å². The molecule has 2 rings (SSSR count). The number of imidazole rings is 1. The van der Waals surface area contributed by atoms with Gasteiger partial charge in [-0.3, -0.25) is 0 Å². The molecule has 0 radical (unpaired) electrons. The molecular formula is C18H33N3. The molecule has 3 nitrogen and oxygen atoms in total. The van der Waals surface area contributed by atoms with E-state index in [0.717, 1.165) is 24.8 Å². The third-order valence-electron chi connectivity index (χ3n) is 5.36. The Morgan fingerprint density at radius 2 is 1.95 bits per heavy atom. The first-order chi connectivity index (χ1) is 9.91. The molecule has 0 aliphatic heterocycles. The molecule has 1 N–H and O–H groups in total. The summed E-state index contributed by atoms with van der Waals surface area (Å²) in [5.41, 5.74) is 0.471. The van der Waals surface area contributed by atoms with Gasteiger partial charge in [-0.15, -0.1) is 0 Å². The second-order valence-electron chi connectivity index (χ2n) is 7.80. The van der Waals surface area contributed by atoms with Crippen molar-refractivity contribution in [2.24, 2.45) is 24.3 Å². The van der Waals surface area contributed by atoms with Crippen molar-refractivity contribution in [2.45, 2.75) is 65.8 Å². The number of nitrogens with one attached hydrogen (secondary N) is 1. The maximum atomic E-state index is 4.51. The first kappa shape index (κ1) is 16.5. The van der Waals surface area contributed by atoms with E-state index in [1.807, 2.05) is 6.20 Å².